The molecule has 0 fully saturated rings. The molecule has 0 aliphatic heterocycles. The molecular formula is C17H16BrNO. The van der Waals surface area contributed by atoms with Crippen molar-refractivity contribution in [1.82, 2.24) is 0 Å². The van der Waals surface area contributed by atoms with Crippen LogP contribution in [-0.4, -0.2) is 6.54 Å². The van der Waals surface area contributed by atoms with Crippen molar-refractivity contribution < 1.29 is 4.74 Å². The number of hydrogen-bond acceptors (Lipinski definition) is 2. The maximum Gasteiger partial charge on any atom is 0.0721 e. The van der Waals surface area contributed by atoms with Crippen molar-refractivity contribution in [2.75, 3.05) is 6.54 Å². The minimum Gasteiger partial charge on any atom is -0.372 e. The van der Waals surface area contributed by atoms with Gasteiger partial charge in [0, 0.05) is 10.0 Å². The molecule has 0 aromatic heterocycles. The number of rotatable bonds is 4. The Balaban J connectivity index is 1.91. The molecule has 2 rings (SSSR count). The van der Waals surface area contributed by atoms with E-state index in [1.807, 2.05) is 42.5 Å². The van der Waals surface area contributed by atoms with Crippen molar-refractivity contribution in [3.63, 3.8) is 0 Å². The smallest absolute Gasteiger partial charge is 0.0721 e. The maximum absolute atomic E-state index is 5.73. The van der Waals surface area contributed by atoms with Gasteiger partial charge in [0.05, 0.1) is 19.8 Å². The largest absolute Gasteiger partial charge is 0.372 e. The van der Waals surface area contributed by atoms with E-state index >= 15 is 0 Å². The zero-order valence-electron chi connectivity index (χ0n) is 11.1. The highest BCUT2D eigenvalue weighted by Crippen LogP contribution is 2.13. The summed E-state index contributed by atoms with van der Waals surface area (Å²) in [6, 6.07) is 16.1. The lowest BCUT2D eigenvalue weighted by molar-refractivity contribution is 0.107. The van der Waals surface area contributed by atoms with Gasteiger partial charge in [-0.3, -0.25) is 0 Å². The molecule has 0 aliphatic rings. The molecule has 0 aliphatic carbocycles. The van der Waals surface area contributed by atoms with Crippen molar-refractivity contribution in [1.29, 1.82) is 0 Å². The Morgan fingerprint density at radius 3 is 2.40 bits per heavy atom. The van der Waals surface area contributed by atoms with E-state index in [-0.39, 0.29) is 0 Å². The highest BCUT2D eigenvalue weighted by Gasteiger charge is 1.97. The zero-order chi connectivity index (χ0) is 14.2. The summed E-state index contributed by atoms with van der Waals surface area (Å²) in [5, 5.41) is 0. The van der Waals surface area contributed by atoms with Crippen molar-refractivity contribution in [2.45, 2.75) is 13.2 Å². The highest BCUT2D eigenvalue weighted by atomic mass is 79.9. The Kier molecular flexibility index (Phi) is 5.82. The van der Waals surface area contributed by atoms with Crippen molar-refractivity contribution in [2.24, 2.45) is 5.73 Å². The Morgan fingerprint density at radius 2 is 1.70 bits per heavy atom. The summed E-state index contributed by atoms with van der Waals surface area (Å²) in [5.41, 5.74) is 8.61. The molecule has 2 nitrogen and oxygen atoms in total. The van der Waals surface area contributed by atoms with Crippen LogP contribution in [0.1, 0.15) is 16.7 Å². The first-order valence-corrected chi connectivity index (χ1v) is 7.17. The normalized spacial score (nSPS) is 9.90. The van der Waals surface area contributed by atoms with Gasteiger partial charge in [0.2, 0.25) is 0 Å². The summed E-state index contributed by atoms with van der Waals surface area (Å²) < 4.78 is 6.79. The molecule has 3 heteroatoms. The van der Waals surface area contributed by atoms with E-state index < -0.39 is 0 Å². The van der Waals surface area contributed by atoms with E-state index in [1.165, 1.54) is 0 Å². The summed E-state index contributed by atoms with van der Waals surface area (Å²) in [6.07, 6.45) is 0. The average molecular weight is 330 g/mol. The van der Waals surface area contributed by atoms with Gasteiger partial charge in [-0.2, -0.15) is 0 Å². The zero-order valence-corrected chi connectivity index (χ0v) is 12.7. The first kappa shape index (κ1) is 14.8. The third-order valence-electron chi connectivity index (χ3n) is 2.69. The predicted molar refractivity (Wildman–Crippen MR) is 85.0 cm³/mol. The summed E-state index contributed by atoms with van der Waals surface area (Å²) in [7, 11) is 0. The van der Waals surface area contributed by atoms with Gasteiger partial charge in [0.25, 0.3) is 0 Å². The van der Waals surface area contributed by atoms with Gasteiger partial charge in [-0.05, 0) is 35.4 Å². The van der Waals surface area contributed by atoms with Crippen LogP contribution in [0.2, 0.25) is 0 Å². The quantitative estimate of drug-likeness (QED) is 0.871. The Labute approximate surface area is 128 Å². The van der Waals surface area contributed by atoms with Crippen LogP contribution in [0.5, 0.6) is 0 Å². The molecule has 20 heavy (non-hydrogen) atoms. The third-order valence-corrected chi connectivity index (χ3v) is 3.18. The number of hydrogen-bond donors (Lipinski definition) is 1. The molecule has 0 heterocycles. The van der Waals surface area contributed by atoms with Crippen molar-refractivity contribution in [3.8, 4) is 11.8 Å². The second-order valence-corrected chi connectivity index (χ2v) is 5.24. The molecule has 0 radical (unpaired) electrons. The van der Waals surface area contributed by atoms with Crippen LogP contribution >= 0.6 is 15.9 Å². The minimum absolute atomic E-state index is 0.379. The lowest BCUT2D eigenvalue weighted by Gasteiger charge is -2.05. The Bertz CT molecular complexity index is 628. The second-order valence-electron chi connectivity index (χ2n) is 4.33. The standard InChI is InChI=1S/C17H16BrNO/c18-17-8-2-6-16(11-17)13-20-12-15-5-1-4-14(10-15)7-3-9-19/h1-2,4-6,8,10-11H,9,12-13,19H2. The molecule has 2 aromatic rings. The van der Waals surface area contributed by atoms with E-state index in [1.54, 1.807) is 0 Å². The summed E-state index contributed by atoms with van der Waals surface area (Å²) in [6.45, 7) is 1.55. The molecule has 0 unspecified atom stereocenters. The summed E-state index contributed by atoms with van der Waals surface area (Å²) >= 11 is 3.45. The summed E-state index contributed by atoms with van der Waals surface area (Å²) in [5.74, 6) is 5.88. The van der Waals surface area contributed by atoms with Crippen LogP contribution in [0.25, 0.3) is 0 Å². The van der Waals surface area contributed by atoms with Crippen LogP contribution in [0.3, 0.4) is 0 Å². The van der Waals surface area contributed by atoms with Gasteiger partial charge in [0.1, 0.15) is 0 Å². The van der Waals surface area contributed by atoms with E-state index in [4.69, 9.17) is 10.5 Å². The predicted octanol–water partition coefficient (Wildman–Crippen LogP) is 3.48. The molecule has 0 saturated heterocycles. The molecular weight excluding hydrogens is 314 g/mol. The lowest BCUT2D eigenvalue weighted by atomic mass is 10.1. The maximum atomic E-state index is 5.73. The van der Waals surface area contributed by atoms with Crippen molar-refractivity contribution in [3.05, 3.63) is 69.7 Å². The number of halogens is 1. The van der Waals surface area contributed by atoms with Gasteiger partial charge < -0.3 is 10.5 Å². The number of ether oxygens (including phenoxy) is 1. The number of nitrogens with two attached hydrogens (primary N) is 1. The van der Waals surface area contributed by atoms with Gasteiger partial charge in [-0.25, -0.2) is 0 Å². The van der Waals surface area contributed by atoms with Crippen LogP contribution in [-0.2, 0) is 18.0 Å². The molecule has 0 saturated carbocycles. The fraction of sp³-hybridized carbons (Fsp3) is 0.176. The second kappa shape index (κ2) is 7.86. The van der Waals surface area contributed by atoms with Crippen molar-refractivity contribution >= 4 is 15.9 Å². The van der Waals surface area contributed by atoms with E-state index in [2.05, 4.69) is 33.8 Å². The van der Waals surface area contributed by atoms with Gasteiger partial charge >= 0.3 is 0 Å². The van der Waals surface area contributed by atoms with Gasteiger partial charge in [-0.15, -0.1) is 0 Å². The van der Waals surface area contributed by atoms with E-state index in [9.17, 15) is 0 Å². The lowest BCUT2D eigenvalue weighted by Crippen LogP contribution is -1.95. The molecule has 0 amide bonds. The Morgan fingerprint density at radius 1 is 1.00 bits per heavy atom. The molecule has 0 spiro atoms. The van der Waals surface area contributed by atoms with Crippen LogP contribution in [0, 0.1) is 11.8 Å². The fourth-order valence-corrected chi connectivity index (χ4v) is 2.25. The van der Waals surface area contributed by atoms with Gasteiger partial charge in [0.15, 0.2) is 0 Å². The fourth-order valence-electron chi connectivity index (χ4n) is 1.81. The first-order chi connectivity index (χ1) is 9.78. The summed E-state index contributed by atoms with van der Waals surface area (Å²) in [4.78, 5) is 0. The van der Waals surface area contributed by atoms with Crippen LogP contribution in [0.15, 0.2) is 53.0 Å². The van der Waals surface area contributed by atoms with E-state index in [0.717, 1.165) is 21.2 Å². The highest BCUT2D eigenvalue weighted by molar-refractivity contribution is 9.10. The topological polar surface area (TPSA) is 35.2 Å². The molecule has 0 atom stereocenters. The van der Waals surface area contributed by atoms with Gasteiger partial charge in [-0.1, -0.05) is 52.0 Å². The number of benzene rings is 2. The monoisotopic (exact) mass is 329 g/mol. The average Bonchev–Trinajstić information content (AvgIpc) is 2.46. The molecule has 102 valence electrons. The molecule has 2 aromatic carbocycles. The minimum atomic E-state index is 0.379. The van der Waals surface area contributed by atoms with Crippen LogP contribution in [0.4, 0.5) is 0 Å². The van der Waals surface area contributed by atoms with E-state index in [0.29, 0.717) is 19.8 Å². The van der Waals surface area contributed by atoms with Crippen LogP contribution < -0.4 is 5.73 Å². The first-order valence-electron chi connectivity index (χ1n) is 6.38. The Hall–Kier alpha value is -1.60. The molecule has 2 N–H and O–H groups in total. The SMILES string of the molecule is NCC#Cc1cccc(COCc2cccc(Br)c2)c1. The molecule has 0 bridgehead atoms. The third kappa shape index (κ3) is 4.82.